The van der Waals surface area contributed by atoms with Crippen molar-refractivity contribution in [3.63, 3.8) is 0 Å². The van der Waals surface area contributed by atoms with Crippen LogP contribution in [0.2, 0.25) is 0 Å². The zero-order chi connectivity index (χ0) is 30.1. The first-order valence-electron chi connectivity index (χ1n) is 15.4. The topological polar surface area (TPSA) is 91.2 Å². The number of nitrogens with one attached hydrogen (secondary N) is 1. The Morgan fingerprint density at radius 3 is 2.09 bits per heavy atom. The minimum Gasteiger partial charge on any atom is -0.460 e. The van der Waals surface area contributed by atoms with Crippen LogP contribution in [0.5, 0.6) is 0 Å². The van der Waals surface area contributed by atoms with Crippen molar-refractivity contribution in [3.05, 3.63) is 112 Å². The van der Waals surface area contributed by atoms with Crippen LogP contribution in [0.15, 0.2) is 84.9 Å². The summed E-state index contributed by atoms with van der Waals surface area (Å²) in [5, 5.41) is 14.7. The zero-order valence-electron chi connectivity index (χ0n) is 25.1. The molecule has 230 valence electrons. The molecule has 0 bridgehead atoms. The third-order valence-corrected chi connectivity index (χ3v) is 7.82. The second kappa shape index (κ2) is 18.1. The first kappa shape index (κ1) is 32.3. The van der Waals surface area contributed by atoms with Gasteiger partial charge in [0.1, 0.15) is 6.61 Å². The van der Waals surface area contributed by atoms with Crippen molar-refractivity contribution in [2.24, 2.45) is 0 Å². The Morgan fingerprint density at radius 2 is 1.37 bits per heavy atom. The normalized spacial score (nSPS) is 16.7. The molecule has 0 atom stereocenters. The molecule has 3 aromatic carbocycles. The predicted molar refractivity (Wildman–Crippen MR) is 170 cm³/mol. The van der Waals surface area contributed by atoms with Gasteiger partial charge in [0.05, 0.1) is 11.5 Å². The Labute approximate surface area is 255 Å². The van der Waals surface area contributed by atoms with E-state index in [0.717, 1.165) is 89.3 Å². The summed E-state index contributed by atoms with van der Waals surface area (Å²) in [7, 11) is 0. The molecule has 1 heterocycles. The number of ether oxygens (including phenoxy) is 1. The van der Waals surface area contributed by atoms with Gasteiger partial charge in [-0.15, -0.1) is 0 Å². The van der Waals surface area contributed by atoms with Gasteiger partial charge >= 0.3 is 5.97 Å². The van der Waals surface area contributed by atoms with E-state index in [0.29, 0.717) is 6.54 Å². The van der Waals surface area contributed by atoms with Crippen LogP contribution < -0.4 is 5.32 Å². The van der Waals surface area contributed by atoms with Crippen LogP contribution in [0.4, 0.5) is 5.69 Å². The smallest absolute Gasteiger partial charge is 0.320 e. The highest BCUT2D eigenvalue weighted by molar-refractivity contribution is 5.71. The van der Waals surface area contributed by atoms with Crippen LogP contribution in [0.1, 0.15) is 29.5 Å². The van der Waals surface area contributed by atoms with Crippen molar-refractivity contribution in [3.8, 4) is 0 Å². The molecular weight excluding hydrogens is 542 g/mol. The second-order valence-electron chi connectivity index (χ2n) is 11.2. The monoisotopic (exact) mass is 587 g/mol. The van der Waals surface area contributed by atoms with E-state index in [1.54, 1.807) is 12.1 Å². The number of rotatable bonds is 10. The molecule has 0 amide bonds. The van der Waals surface area contributed by atoms with E-state index in [1.165, 1.54) is 5.56 Å². The lowest BCUT2D eigenvalue weighted by Gasteiger charge is -2.29. The van der Waals surface area contributed by atoms with Gasteiger partial charge in [0.2, 0.25) is 0 Å². The Morgan fingerprint density at radius 1 is 0.721 bits per heavy atom. The van der Waals surface area contributed by atoms with Gasteiger partial charge in [0, 0.05) is 51.4 Å². The first-order valence-corrected chi connectivity index (χ1v) is 15.4. The quantitative estimate of drug-likeness (QED) is 0.213. The third kappa shape index (κ3) is 12.2. The Bertz CT molecular complexity index is 1230. The fraction of sp³-hybridized carbons (Fsp3) is 0.441. The summed E-state index contributed by atoms with van der Waals surface area (Å²) in [4.78, 5) is 30.7. The summed E-state index contributed by atoms with van der Waals surface area (Å²) in [6.07, 6.45) is 2.99. The molecule has 43 heavy (non-hydrogen) atoms. The molecule has 0 saturated carbocycles. The van der Waals surface area contributed by atoms with E-state index in [-0.39, 0.29) is 29.7 Å². The molecule has 9 nitrogen and oxygen atoms in total. The number of nitro benzene ring substituents is 1. The number of nitro groups is 1. The summed E-state index contributed by atoms with van der Waals surface area (Å²) in [6.45, 7) is 9.32. The fourth-order valence-electron chi connectivity index (χ4n) is 5.35. The van der Waals surface area contributed by atoms with Crippen LogP contribution in [-0.4, -0.2) is 91.0 Å². The predicted octanol–water partition coefficient (Wildman–Crippen LogP) is 4.37. The number of benzene rings is 3. The van der Waals surface area contributed by atoms with Crippen molar-refractivity contribution in [1.82, 2.24) is 20.0 Å². The average Bonchev–Trinajstić information content (AvgIpc) is 3.03. The van der Waals surface area contributed by atoms with Crippen LogP contribution in [0, 0.1) is 10.1 Å². The van der Waals surface area contributed by atoms with E-state index in [9.17, 15) is 14.9 Å². The van der Waals surface area contributed by atoms with E-state index in [1.807, 2.05) is 42.5 Å². The highest BCUT2D eigenvalue weighted by Gasteiger charge is 2.16. The fourth-order valence-corrected chi connectivity index (χ4v) is 5.35. The molecule has 1 fully saturated rings. The van der Waals surface area contributed by atoms with Crippen LogP contribution in [0.3, 0.4) is 0 Å². The van der Waals surface area contributed by atoms with Crippen molar-refractivity contribution in [2.75, 3.05) is 65.4 Å². The number of hydrogen-bond donors (Lipinski definition) is 1. The van der Waals surface area contributed by atoms with E-state index >= 15 is 0 Å². The van der Waals surface area contributed by atoms with Gasteiger partial charge in [-0.2, -0.15) is 0 Å². The van der Waals surface area contributed by atoms with Crippen LogP contribution in [-0.2, 0) is 29.1 Å². The zero-order valence-corrected chi connectivity index (χ0v) is 25.1. The lowest BCUT2D eigenvalue weighted by Crippen LogP contribution is -2.41. The number of nitrogens with zero attached hydrogens (tertiary/aromatic N) is 4. The number of hydrogen-bond acceptors (Lipinski definition) is 8. The highest BCUT2D eigenvalue weighted by Crippen LogP contribution is 2.14. The van der Waals surface area contributed by atoms with Gasteiger partial charge in [-0.1, -0.05) is 72.8 Å². The van der Waals surface area contributed by atoms with Crippen molar-refractivity contribution >= 4 is 11.7 Å². The van der Waals surface area contributed by atoms with Gasteiger partial charge in [-0.3, -0.25) is 24.7 Å². The van der Waals surface area contributed by atoms with Gasteiger partial charge in [0.25, 0.3) is 5.69 Å². The van der Waals surface area contributed by atoms with Gasteiger partial charge < -0.3 is 15.0 Å². The molecule has 3 aromatic rings. The maximum absolute atomic E-state index is 12.8. The molecule has 1 aliphatic rings. The van der Waals surface area contributed by atoms with Crippen molar-refractivity contribution in [2.45, 2.75) is 32.4 Å². The minimum absolute atomic E-state index is 0.104. The molecule has 0 aromatic heterocycles. The SMILES string of the molecule is O=C(CN1CCCNCCN(CCc2ccccc2)CCCN(Cc2ccc([N+](=O)[O-])cc2)CC1)OCc1ccccc1. The molecule has 1 saturated heterocycles. The lowest BCUT2D eigenvalue weighted by molar-refractivity contribution is -0.384. The molecule has 0 unspecified atom stereocenters. The van der Waals surface area contributed by atoms with Crippen molar-refractivity contribution in [1.29, 1.82) is 0 Å². The van der Waals surface area contributed by atoms with Crippen molar-refractivity contribution < 1.29 is 14.5 Å². The molecule has 0 spiro atoms. The molecule has 1 aliphatic heterocycles. The Kier molecular flexibility index (Phi) is 13.6. The number of esters is 1. The molecule has 1 N–H and O–H groups in total. The summed E-state index contributed by atoms with van der Waals surface area (Å²) in [5.74, 6) is -0.214. The van der Waals surface area contributed by atoms with E-state index in [2.05, 4.69) is 50.3 Å². The summed E-state index contributed by atoms with van der Waals surface area (Å²) >= 11 is 0. The second-order valence-corrected chi connectivity index (χ2v) is 11.2. The molecular formula is C34H45N5O4. The minimum atomic E-state index is -0.362. The maximum atomic E-state index is 12.8. The van der Waals surface area contributed by atoms with Gasteiger partial charge in [-0.05, 0) is 62.1 Å². The standard InChI is InChI=1S/C34H45N5O4/c40-34(43-29-32-11-5-2-6-12-32)28-38-20-7-18-35-19-24-36(23-17-30-9-3-1-4-10-30)21-8-22-37(25-26-38)27-31-13-15-33(16-14-31)39(41)42/h1-6,9-16,35H,7-8,17-29H2. The third-order valence-electron chi connectivity index (χ3n) is 7.82. The largest absolute Gasteiger partial charge is 0.460 e. The number of carbonyl (C=O) groups excluding carboxylic acids is 1. The molecule has 4 rings (SSSR count). The van der Waals surface area contributed by atoms with Crippen LogP contribution in [0.25, 0.3) is 0 Å². The number of carbonyl (C=O) groups is 1. The maximum Gasteiger partial charge on any atom is 0.320 e. The van der Waals surface area contributed by atoms with E-state index < -0.39 is 0 Å². The molecule has 0 radical (unpaired) electrons. The Balaban J connectivity index is 1.37. The van der Waals surface area contributed by atoms with E-state index in [4.69, 9.17) is 4.74 Å². The van der Waals surface area contributed by atoms with Gasteiger partial charge in [-0.25, -0.2) is 0 Å². The summed E-state index contributed by atoms with van der Waals surface area (Å²) in [6, 6.07) is 27.2. The van der Waals surface area contributed by atoms with Gasteiger partial charge in [0.15, 0.2) is 0 Å². The average molecular weight is 588 g/mol. The number of non-ortho nitro benzene ring substituents is 1. The summed E-state index contributed by atoms with van der Waals surface area (Å²) in [5.41, 5.74) is 3.49. The first-order chi connectivity index (χ1) is 21.0. The Hall–Kier alpha value is -3.63. The molecule has 0 aliphatic carbocycles. The molecule has 9 heteroatoms. The lowest BCUT2D eigenvalue weighted by atomic mass is 10.1. The summed E-state index contributed by atoms with van der Waals surface area (Å²) < 4.78 is 5.59. The highest BCUT2D eigenvalue weighted by atomic mass is 16.6. The van der Waals surface area contributed by atoms with Crippen LogP contribution >= 0.6 is 0 Å².